The van der Waals surface area contributed by atoms with Gasteiger partial charge in [-0.15, -0.1) is 0 Å². The average Bonchev–Trinajstić information content (AvgIpc) is 2.42. The standard InChI is InChI=1S/C13H24N6O2/c1-5-7-14-13-15-9-11(19(20)21)12(17-13)16-10(2)6-8-18(3)4/h9-10H,5-8H2,1-4H3,(H2,14,15,16,17). The molecule has 0 amide bonds. The number of anilines is 2. The van der Waals surface area contributed by atoms with E-state index in [-0.39, 0.29) is 17.5 Å². The third-order valence-corrected chi connectivity index (χ3v) is 2.89. The monoisotopic (exact) mass is 296 g/mol. The van der Waals surface area contributed by atoms with E-state index >= 15 is 0 Å². The van der Waals surface area contributed by atoms with Crippen LogP contribution in [-0.4, -0.2) is 53.0 Å². The molecule has 0 radical (unpaired) electrons. The Kier molecular flexibility index (Phi) is 6.80. The maximum Gasteiger partial charge on any atom is 0.329 e. The maximum atomic E-state index is 11.1. The highest BCUT2D eigenvalue weighted by molar-refractivity contribution is 5.57. The van der Waals surface area contributed by atoms with Gasteiger partial charge in [0.05, 0.1) is 4.92 Å². The smallest absolute Gasteiger partial charge is 0.329 e. The fraction of sp³-hybridized carbons (Fsp3) is 0.692. The minimum Gasteiger partial charge on any atom is -0.362 e. The second kappa shape index (κ2) is 8.35. The van der Waals surface area contributed by atoms with Crippen LogP contribution < -0.4 is 10.6 Å². The van der Waals surface area contributed by atoms with Crippen molar-refractivity contribution in [2.75, 3.05) is 37.8 Å². The van der Waals surface area contributed by atoms with Gasteiger partial charge in [-0.2, -0.15) is 4.98 Å². The first kappa shape index (κ1) is 17.1. The van der Waals surface area contributed by atoms with Gasteiger partial charge in [0.2, 0.25) is 11.8 Å². The number of nitrogens with one attached hydrogen (secondary N) is 2. The van der Waals surface area contributed by atoms with Crippen LogP contribution in [0.1, 0.15) is 26.7 Å². The molecule has 0 bridgehead atoms. The summed E-state index contributed by atoms with van der Waals surface area (Å²) < 4.78 is 0. The molecule has 1 atom stereocenters. The van der Waals surface area contributed by atoms with Crippen molar-refractivity contribution >= 4 is 17.5 Å². The lowest BCUT2D eigenvalue weighted by molar-refractivity contribution is -0.384. The molecule has 0 saturated carbocycles. The molecule has 2 N–H and O–H groups in total. The molecule has 0 fully saturated rings. The molecule has 1 aromatic heterocycles. The van der Waals surface area contributed by atoms with Crippen molar-refractivity contribution in [3.8, 4) is 0 Å². The van der Waals surface area contributed by atoms with Gasteiger partial charge in [0, 0.05) is 12.6 Å². The molecule has 0 aliphatic rings. The summed E-state index contributed by atoms with van der Waals surface area (Å²) in [5, 5.41) is 17.2. The van der Waals surface area contributed by atoms with Gasteiger partial charge in [-0.05, 0) is 40.4 Å². The predicted octanol–water partition coefficient (Wildman–Crippen LogP) is 1.96. The molecular formula is C13H24N6O2. The molecular weight excluding hydrogens is 272 g/mol. The molecule has 1 rings (SSSR count). The summed E-state index contributed by atoms with van der Waals surface area (Å²) in [4.78, 5) is 20.8. The maximum absolute atomic E-state index is 11.1. The lowest BCUT2D eigenvalue weighted by Gasteiger charge is -2.17. The van der Waals surface area contributed by atoms with Crippen LogP contribution in [0, 0.1) is 10.1 Å². The summed E-state index contributed by atoms with van der Waals surface area (Å²) in [7, 11) is 3.99. The van der Waals surface area contributed by atoms with Crippen LogP contribution in [0.4, 0.5) is 17.5 Å². The zero-order valence-electron chi connectivity index (χ0n) is 13.1. The molecule has 1 aromatic rings. The zero-order chi connectivity index (χ0) is 15.8. The minimum atomic E-state index is -0.468. The Morgan fingerprint density at radius 3 is 2.76 bits per heavy atom. The van der Waals surface area contributed by atoms with E-state index < -0.39 is 4.92 Å². The largest absolute Gasteiger partial charge is 0.362 e. The minimum absolute atomic E-state index is 0.0834. The van der Waals surface area contributed by atoms with E-state index in [9.17, 15) is 10.1 Å². The van der Waals surface area contributed by atoms with Gasteiger partial charge in [0.1, 0.15) is 6.20 Å². The second-order valence-corrected chi connectivity index (χ2v) is 5.25. The van der Waals surface area contributed by atoms with Crippen LogP contribution in [0.15, 0.2) is 6.20 Å². The molecule has 1 heterocycles. The van der Waals surface area contributed by atoms with Crippen molar-refractivity contribution in [3.63, 3.8) is 0 Å². The molecule has 0 saturated heterocycles. The number of nitrogens with zero attached hydrogens (tertiary/aromatic N) is 4. The molecule has 21 heavy (non-hydrogen) atoms. The van der Waals surface area contributed by atoms with Gasteiger partial charge in [-0.1, -0.05) is 6.92 Å². The summed E-state index contributed by atoms with van der Waals surface area (Å²) in [5.41, 5.74) is -0.103. The van der Waals surface area contributed by atoms with Crippen molar-refractivity contribution in [1.29, 1.82) is 0 Å². The molecule has 0 spiro atoms. The Bertz CT molecular complexity index is 466. The van der Waals surface area contributed by atoms with Crippen LogP contribution in [-0.2, 0) is 0 Å². The average molecular weight is 296 g/mol. The molecule has 8 heteroatoms. The quantitative estimate of drug-likeness (QED) is 0.531. The topological polar surface area (TPSA) is 96.2 Å². The molecule has 118 valence electrons. The van der Waals surface area contributed by atoms with Gasteiger partial charge in [0.25, 0.3) is 0 Å². The van der Waals surface area contributed by atoms with Crippen LogP contribution in [0.3, 0.4) is 0 Å². The van der Waals surface area contributed by atoms with Crippen molar-refractivity contribution in [3.05, 3.63) is 16.3 Å². The second-order valence-electron chi connectivity index (χ2n) is 5.25. The summed E-state index contributed by atoms with van der Waals surface area (Å²) in [5.74, 6) is 0.671. The summed E-state index contributed by atoms with van der Waals surface area (Å²) in [6.07, 6.45) is 3.04. The van der Waals surface area contributed by atoms with E-state index in [1.807, 2.05) is 27.9 Å². The van der Waals surface area contributed by atoms with Crippen LogP contribution in [0.5, 0.6) is 0 Å². The molecule has 8 nitrogen and oxygen atoms in total. The fourth-order valence-electron chi connectivity index (χ4n) is 1.69. The number of aromatic nitrogens is 2. The lowest BCUT2D eigenvalue weighted by atomic mass is 10.2. The lowest BCUT2D eigenvalue weighted by Crippen LogP contribution is -2.24. The Labute approximate surface area is 125 Å². The first-order valence-corrected chi connectivity index (χ1v) is 7.10. The first-order valence-electron chi connectivity index (χ1n) is 7.10. The number of nitro groups is 1. The molecule has 0 aromatic carbocycles. The zero-order valence-corrected chi connectivity index (χ0v) is 13.1. The normalized spacial score (nSPS) is 12.2. The van der Waals surface area contributed by atoms with Crippen molar-refractivity contribution in [2.24, 2.45) is 0 Å². The Balaban J connectivity index is 2.82. The van der Waals surface area contributed by atoms with E-state index in [2.05, 4.69) is 25.5 Å². The number of rotatable bonds is 9. The van der Waals surface area contributed by atoms with Gasteiger partial charge >= 0.3 is 5.69 Å². The number of hydrogen-bond acceptors (Lipinski definition) is 7. The fourth-order valence-corrected chi connectivity index (χ4v) is 1.69. The van der Waals surface area contributed by atoms with Crippen molar-refractivity contribution < 1.29 is 4.92 Å². The highest BCUT2D eigenvalue weighted by Gasteiger charge is 2.18. The molecule has 1 unspecified atom stereocenters. The Morgan fingerprint density at radius 2 is 2.19 bits per heavy atom. The van der Waals surface area contributed by atoms with Gasteiger partial charge in [-0.3, -0.25) is 10.1 Å². The van der Waals surface area contributed by atoms with Crippen LogP contribution in [0.25, 0.3) is 0 Å². The van der Waals surface area contributed by atoms with E-state index in [1.54, 1.807) is 0 Å². The molecule has 0 aliphatic heterocycles. The SMILES string of the molecule is CCCNc1ncc([N+](=O)[O-])c(NC(C)CCN(C)C)n1. The Morgan fingerprint density at radius 1 is 1.48 bits per heavy atom. The first-order chi connectivity index (χ1) is 9.93. The van der Waals surface area contributed by atoms with Crippen molar-refractivity contribution in [1.82, 2.24) is 14.9 Å². The highest BCUT2D eigenvalue weighted by Crippen LogP contribution is 2.23. The summed E-state index contributed by atoms with van der Waals surface area (Å²) >= 11 is 0. The highest BCUT2D eigenvalue weighted by atomic mass is 16.6. The van der Waals surface area contributed by atoms with E-state index in [1.165, 1.54) is 6.20 Å². The molecule has 0 aliphatic carbocycles. The van der Waals surface area contributed by atoms with E-state index in [0.29, 0.717) is 5.95 Å². The van der Waals surface area contributed by atoms with E-state index in [4.69, 9.17) is 0 Å². The predicted molar refractivity (Wildman–Crippen MR) is 83.7 cm³/mol. The Hall–Kier alpha value is -1.96. The van der Waals surface area contributed by atoms with Crippen molar-refractivity contribution in [2.45, 2.75) is 32.7 Å². The summed E-state index contributed by atoms with van der Waals surface area (Å²) in [6.45, 7) is 5.64. The summed E-state index contributed by atoms with van der Waals surface area (Å²) in [6, 6.07) is 0.0834. The van der Waals surface area contributed by atoms with Gasteiger partial charge in [0.15, 0.2) is 0 Å². The third kappa shape index (κ3) is 5.90. The van der Waals surface area contributed by atoms with Gasteiger partial charge < -0.3 is 15.5 Å². The van der Waals surface area contributed by atoms with Gasteiger partial charge in [-0.25, -0.2) is 4.98 Å². The van der Waals surface area contributed by atoms with Crippen LogP contribution >= 0.6 is 0 Å². The third-order valence-electron chi connectivity index (χ3n) is 2.89. The van der Waals surface area contributed by atoms with E-state index in [0.717, 1.165) is 25.9 Å². The number of hydrogen-bond donors (Lipinski definition) is 2. The van der Waals surface area contributed by atoms with Crippen LogP contribution in [0.2, 0.25) is 0 Å².